The zero-order chi connectivity index (χ0) is 77.0. The monoisotopic (exact) mass is 1440 g/mol. The van der Waals surface area contributed by atoms with Crippen LogP contribution in [0.1, 0.15) is 152 Å². The van der Waals surface area contributed by atoms with Gasteiger partial charge in [-0.2, -0.15) is 8.42 Å². The van der Waals surface area contributed by atoms with Gasteiger partial charge in [0.25, 0.3) is 16.0 Å². The van der Waals surface area contributed by atoms with Gasteiger partial charge in [0.1, 0.15) is 66.3 Å². The fourth-order valence-corrected chi connectivity index (χ4v) is 13.6. The van der Waals surface area contributed by atoms with Gasteiger partial charge in [-0.3, -0.25) is 52.1 Å². The molecular formula is C75H113N9O17S. The molecule has 0 aromatic heterocycles. The number of esters is 2. The van der Waals surface area contributed by atoms with Crippen LogP contribution in [0.2, 0.25) is 0 Å². The molecule has 102 heavy (non-hydrogen) atoms. The molecule has 3 aromatic carbocycles. The highest BCUT2D eigenvalue weighted by Crippen LogP contribution is 2.28. The maximum absolute atomic E-state index is 15.4. The lowest BCUT2D eigenvalue weighted by Crippen LogP contribution is -2.63. The van der Waals surface area contributed by atoms with Gasteiger partial charge < -0.3 is 59.6 Å². The molecule has 27 heteroatoms. The van der Waals surface area contributed by atoms with Crippen molar-refractivity contribution in [3.05, 3.63) is 95.6 Å². The number of amides is 9. The normalized spacial score (nSPS) is 16.3. The lowest BCUT2D eigenvalue weighted by Gasteiger charge is -2.41. The van der Waals surface area contributed by atoms with Crippen LogP contribution in [-0.4, -0.2) is 218 Å². The number of carbonyl (C=O) groups excluding carboxylic acids is 11. The summed E-state index contributed by atoms with van der Waals surface area (Å²) < 4.78 is 48.6. The fraction of sp³-hybridized carbons (Fsp3) is 0.613. The molecule has 0 spiro atoms. The van der Waals surface area contributed by atoms with Crippen molar-refractivity contribution in [1.82, 2.24) is 45.3 Å². The molecular weight excluding hydrogens is 1330 g/mol. The first-order chi connectivity index (χ1) is 47.6. The van der Waals surface area contributed by atoms with Gasteiger partial charge in [-0.1, -0.05) is 142 Å². The minimum Gasteiger partial charge on any atom is -0.497 e. The number of nitrogens with zero attached hydrogens (tertiary/aromatic N) is 6. The Kier molecular flexibility index (Phi) is 32.6. The minimum atomic E-state index is -4.38. The summed E-state index contributed by atoms with van der Waals surface area (Å²) >= 11 is 0. The minimum absolute atomic E-state index is 0.0459. The third-order valence-corrected chi connectivity index (χ3v) is 20.1. The van der Waals surface area contributed by atoms with E-state index in [-0.39, 0.29) is 30.9 Å². The topological polar surface area (TPSA) is 314 Å². The summed E-state index contributed by atoms with van der Waals surface area (Å²) in [6.45, 7) is 24.7. The van der Waals surface area contributed by atoms with E-state index in [1.54, 1.807) is 151 Å². The number of carbonyl (C=O) groups is 11. The molecule has 0 saturated carbocycles. The predicted molar refractivity (Wildman–Crippen MR) is 385 cm³/mol. The number of likely N-dealkylation sites (tertiary alicyclic amines) is 1. The first-order valence-electron chi connectivity index (χ1n) is 35.2. The summed E-state index contributed by atoms with van der Waals surface area (Å²) in [5.41, 5.74) is 1.20. The number of ether oxygens (including phenoxy) is 3. The van der Waals surface area contributed by atoms with E-state index in [2.05, 4.69) is 16.0 Å². The summed E-state index contributed by atoms with van der Waals surface area (Å²) in [4.78, 5) is 167. The van der Waals surface area contributed by atoms with Crippen molar-refractivity contribution in [1.29, 1.82) is 0 Å². The summed E-state index contributed by atoms with van der Waals surface area (Å²) in [7, 11) is 4.03. The number of piperidine rings is 1. The van der Waals surface area contributed by atoms with Crippen LogP contribution in [0.5, 0.6) is 5.75 Å². The fourth-order valence-electron chi connectivity index (χ4n) is 12.6. The van der Waals surface area contributed by atoms with Crippen LogP contribution in [0.25, 0.3) is 0 Å². The Morgan fingerprint density at radius 3 is 1.70 bits per heavy atom. The maximum atomic E-state index is 15.4. The predicted octanol–water partition coefficient (Wildman–Crippen LogP) is 6.48. The van der Waals surface area contributed by atoms with Crippen molar-refractivity contribution in [3.63, 3.8) is 0 Å². The summed E-state index contributed by atoms with van der Waals surface area (Å²) in [5, 5.41) is 8.34. The van der Waals surface area contributed by atoms with Crippen LogP contribution in [-0.2, 0) is 89.5 Å². The van der Waals surface area contributed by atoms with Gasteiger partial charge in [0.2, 0.25) is 47.3 Å². The van der Waals surface area contributed by atoms with Crippen molar-refractivity contribution < 1.29 is 79.6 Å². The summed E-state index contributed by atoms with van der Waals surface area (Å²) in [5.74, 6) is -10.4. The van der Waals surface area contributed by atoms with E-state index < -0.39 is 178 Å². The Balaban J connectivity index is 1.59. The molecule has 0 radical (unpaired) electrons. The van der Waals surface area contributed by atoms with Crippen LogP contribution in [0, 0.1) is 36.5 Å². The molecule has 1 aliphatic rings. The van der Waals surface area contributed by atoms with Gasteiger partial charge >= 0.3 is 11.9 Å². The summed E-state index contributed by atoms with van der Waals surface area (Å²) in [6, 6.07) is 11.7. The Hall–Kier alpha value is -8.46. The Morgan fingerprint density at radius 1 is 0.608 bits per heavy atom. The highest BCUT2D eigenvalue weighted by Gasteiger charge is 2.46. The molecule has 4 rings (SSSR count). The average molecular weight is 1440 g/mol. The number of aryl methyl sites for hydroxylation is 1. The second-order valence-corrected chi connectivity index (χ2v) is 30.4. The van der Waals surface area contributed by atoms with Crippen molar-refractivity contribution in [3.8, 4) is 5.75 Å². The van der Waals surface area contributed by atoms with Crippen molar-refractivity contribution in [2.75, 3.05) is 55.4 Å². The highest BCUT2D eigenvalue weighted by molar-refractivity contribution is 7.86. The lowest BCUT2D eigenvalue weighted by atomic mass is 9.92. The van der Waals surface area contributed by atoms with E-state index in [0.717, 1.165) is 20.9 Å². The van der Waals surface area contributed by atoms with Gasteiger partial charge in [0.05, 0.1) is 25.0 Å². The number of benzene rings is 3. The third-order valence-electron chi connectivity index (χ3n) is 18.7. The zero-order valence-electron chi connectivity index (χ0n) is 63.7. The molecule has 1 fully saturated rings. The molecule has 3 N–H and O–H groups in total. The molecule has 1 saturated heterocycles. The second kappa shape index (κ2) is 38.7. The Morgan fingerprint density at radius 2 is 1.16 bits per heavy atom. The van der Waals surface area contributed by atoms with Crippen LogP contribution in [0.3, 0.4) is 0 Å². The van der Waals surface area contributed by atoms with Crippen LogP contribution >= 0.6 is 0 Å². The summed E-state index contributed by atoms with van der Waals surface area (Å²) in [6.07, 6.45) is -0.215. The van der Waals surface area contributed by atoms with E-state index in [1.807, 2.05) is 13.0 Å². The lowest BCUT2D eigenvalue weighted by molar-refractivity contribution is -0.162. The SMILES string of the molecule is CC[C@H](C)[C@@H](C(=O)NCC(=O)N(C)[C@H](C(=O)N[C@@H](Cc1ccc(OC)cc1)C(=O)OCc1ccccc1)C(C)C)N(C)C(=O)[C@H]([C@@H](C)CC)N(C)C(=O)[C@H](CC(=O)OC(C)(C)C)N(C)C(=O)[C@@H](NC(=O)[C@H](C(C)C)N(C)C(=O)[C@@H]1CCCCN1C(=O)[C@H](C)OS(=O)(=O)c1ccc(C)cc1)C(C)C. The number of methoxy groups -OCH3 is 1. The van der Waals surface area contributed by atoms with Gasteiger partial charge in [-0.15, -0.1) is 0 Å². The third kappa shape index (κ3) is 23.5. The largest absolute Gasteiger partial charge is 0.497 e. The Bertz CT molecular complexity index is 3470. The molecule has 11 atom stereocenters. The quantitative estimate of drug-likeness (QED) is 0.0419. The smallest absolute Gasteiger partial charge is 0.329 e. The second-order valence-electron chi connectivity index (χ2n) is 28.8. The van der Waals surface area contributed by atoms with Crippen LogP contribution < -0.4 is 20.7 Å². The van der Waals surface area contributed by atoms with E-state index in [4.69, 9.17) is 18.4 Å². The van der Waals surface area contributed by atoms with E-state index in [1.165, 1.54) is 81.0 Å². The van der Waals surface area contributed by atoms with Gasteiger partial charge in [-0.05, 0) is 119 Å². The number of rotatable bonds is 35. The number of likely N-dealkylation sites (N-methyl/N-ethyl adjacent to an activating group) is 5. The number of nitrogens with one attached hydrogen (secondary N) is 3. The number of hydrogen-bond donors (Lipinski definition) is 3. The molecule has 0 bridgehead atoms. The average Bonchev–Trinajstić information content (AvgIpc) is 0.809. The molecule has 566 valence electrons. The van der Waals surface area contributed by atoms with E-state index in [9.17, 15) is 46.8 Å². The first kappa shape index (κ1) is 85.9. The maximum Gasteiger partial charge on any atom is 0.329 e. The number of hydrogen-bond acceptors (Lipinski definition) is 17. The standard InChI is InChI=1S/C75H113N9O17S/c1-22-49(10)64(66(87)76-43-59(85)80(17)62(46(5)6)67(88)77-56(41-52-34-36-54(98-21)37-35-52)74(95)99-44-53-29-25-24-26-30-53)82(19)73(94)65(50(11)23-2)83(20)71(92)58(42-60(86)100-75(13,14)15)79(16)72(93)61(45(3)4)78-68(89)63(47(7)8)81(18)70(91)57-31-27-28-40-84(57)69(90)51(12)101-102(96,97)55-38-32-48(9)33-39-55/h24-26,29-30,32-39,45-47,49-51,56-58,61-65H,22-23,27-28,31,40-44H2,1-21H3,(H,76,87)(H,77,88)(H,78,89)/t49-,50-,51-,56-,57-,58-,61-,62-,63-,64-,65-/m0/s1. The van der Waals surface area contributed by atoms with Gasteiger partial charge in [-0.25, -0.2) is 4.79 Å². The molecule has 0 unspecified atom stereocenters. The van der Waals surface area contributed by atoms with Gasteiger partial charge in [0, 0.05) is 48.2 Å². The van der Waals surface area contributed by atoms with Gasteiger partial charge in [0.15, 0.2) is 6.10 Å². The Labute approximate surface area is 604 Å². The molecule has 1 aliphatic heterocycles. The van der Waals surface area contributed by atoms with Crippen molar-refractivity contribution in [2.24, 2.45) is 29.6 Å². The van der Waals surface area contributed by atoms with E-state index in [0.29, 0.717) is 37.0 Å². The first-order valence-corrected chi connectivity index (χ1v) is 36.6. The van der Waals surface area contributed by atoms with Crippen LogP contribution in [0.15, 0.2) is 83.8 Å². The molecule has 0 aliphatic carbocycles. The van der Waals surface area contributed by atoms with Crippen molar-refractivity contribution in [2.45, 2.75) is 220 Å². The van der Waals surface area contributed by atoms with E-state index >= 15 is 14.4 Å². The molecule has 1 heterocycles. The molecule has 26 nitrogen and oxygen atoms in total. The molecule has 9 amide bonds. The van der Waals surface area contributed by atoms with Crippen LogP contribution in [0.4, 0.5) is 0 Å². The molecule has 3 aromatic rings. The van der Waals surface area contributed by atoms with Crippen molar-refractivity contribution >= 4 is 75.2 Å². The highest BCUT2D eigenvalue weighted by atomic mass is 32.2. The zero-order valence-corrected chi connectivity index (χ0v) is 64.5.